The van der Waals surface area contributed by atoms with Crippen molar-refractivity contribution in [3.05, 3.63) is 71.4 Å². The van der Waals surface area contributed by atoms with Crippen LogP contribution in [-0.2, 0) is 11.3 Å². The zero-order valence-electron chi connectivity index (χ0n) is 21.1. The highest BCUT2D eigenvalue weighted by atomic mass is 35.5. The minimum Gasteiger partial charge on any atom is -0.484 e. The predicted octanol–water partition coefficient (Wildman–Crippen LogP) is 4.50. The highest BCUT2D eigenvalue weighted by molar-refractivity contribution is 6.34. The fourth-order valence-corrected chi connectivity index (χ4v) is 5.10. The minimum absolute atomic E-state index is 0.0240. The minimum atomic E-state index is -0.178. The van der Waals surface area contributed by atoms with Crippen molar-refractivity contribution < 1.29 is 9.53 Å². The molecule has 4 aromatic rings. The lowest BCUT2D eigenvalue weighted by Gasteiger charge is -2.38. The Morgan fingerprint density at radius 2 is 1.89 bits per heavy atom. The van der Waals surface area contributed by atoms with E-state index < -0.39 is 0 Å². The molecule has 0 radical (unpaired) electrons. The van der Waals surface area contributed by atoms with Crippen LogP contribution in [0.25, 0.3) is 22.6 Å². The van der Waals surface area contributed by atoms with Crippen LogP contribution in [0, 0.1) is 0 Å². The smallest absolute Gasteiger partial charge is 0.257 e. The van der Waals surface area contributed by atoms with Crippen molar-refractivity contribution in [1.29, 1.82) is 0 Å². The van der Waals surface area contributed by atoms with Gasteiger partial charge in [0.25, 0.3) is 5.91 Å². The summed E-state index contributed by atoms with van der Waals surface area (Å²) in [5.41, 5.74) is 4.63. The molecule has 1 amide bonds. The molecule has 5 rings (SSSR count). The molecule has 0 aliphatic carbocycles. The number of amides is 1. The summed E-state index contributed by atoms with van der Waals surface area (Å²) >= 11 is 6.69. The van der Waals surface area contributed by atoms with E-state index in [4.69, 9.17) is 21.3 Å². The summed E-state index contributed by atoms with van der Waals surface area (Å²) < 4.78 is 5.50. The number of imidazole rings is 1. The molecule has 192 valence electrons. The molecule has 0 unspecified atom stereocenters. The Kier molecular flexibility index (Phi) is 7.58. The van der Waals surface area contributed by atoms with Gasteiger partial charge in [-0.05, 0) is 42.7 Å². The topological polar surface area (TPSA) is 86.4 Å². The number of ether oxygens (including phenoxy) is 1. The molecule has 2 N–H and O–H groups in total. The normalized spacial score (nSPS) is 14.6. The van der Waals surface area contributed by atoms with Gasteiger partial charge in [0.2, 0.25) is 0 Å². The van der Waals surface area contributed by atoms with Gasteiger partial charge in [0, 0.05) is 45.3 Å². The van der Waals surface area contributed by atoms with Crippen molar-refractivity contribution in [1.82, 2.24) is 25.2 Å². The van der Waals surface area contributed by atoms with E-state index in [1.165, 1.54) is 5.56 Å². The molecular formula is C28H31ClN6O2. The highest BCUT2D eigenvalue weighted by Crippen LogP contribution is 2.35. The van der Waals surface area contributed by atoms with Crippen molar-refractivity contribution in [3.63, 3.8) is 0 Å². The van der Waals surface area contributed by atoms with Crippen molar-refractivity contribution in [3.8, 4) is 17.1 Å². The van der Waals surface area contributed by atoms with Gasteiger partial charge < -0.3 is 19.9 Å². The number of H-pyrrole nitrogens is 1. The Morgan fingerprint density at radius 1 is 1.16 bits per heavy atom. The molecule has 9 heteroatoms. The van der Waals surface area contributed by atoms with E-state index in [1.54, 1.807) is 13.2 Å². The Balaban J connectivity index is 1.30. The molecule has 8 nitrogen and oxygen atoms in total. The van der Waals surface area contributed by atoms with Gasteiger partial charge in [-0.15, -0.1) is 0 Å². The first-order chi connectivity index (χ1) is 18.0. The lowest BCUT2D eigenvalue weighted by molar-refractivity contribution is -0.122. The number of hydrogen-bond acceptors (Lipinski definition) is 6. The third-order valence-electron chi connectivity index (χ3n) is 6.93. The van der Waals surface area contributed by atoms with Gasteiger partial charge >= 0.3 is 0 Å². The molecule has 37 heavy (non-hydrogen) atoms. The molecular weight excluding hydrogens is 488 g/mol. The van der Waals surface area contributed by atoms with Crippen LogP contribution in [0.2, 0.25) is 5.02 Å². The Hall–Kier alpha value is -3.62. The van der Waals surface area contributed by atoms with Crippen LogP contribution in [0.5, 0.6) is 5.75 Å². The van der Waals surface area contributed by atoms with Crippen LogP contribution in [0.3, 0.4) is 0 Å². The number of likely N-dealkylation sites (N-methyl/N-ethyl adjacent to an activating group) is 1. The lowest BCUT2D eigenvalue weighted by Crippen LogP contribution is -2.43. The number of aromatic nitrogens is 3. The predicted molar refractivity (Wildman–Crippen MR) is 147 cm³/mol. The zero-order valence-corrected chi connectivity index (χ0v) is 21.8. The lowest BCUT2D eigenvalue weighted by atomic mass is 10.0. The van der Waals surface area contributed by atoms with E-state index in [0.717, 1.165) is 49.2 Å². The maximum Gasteiger partial charge on any atom is 0.257 e. The number of fused-ring (bicyclic) bond motifs is 1. The molecule has 3 heterocycles. The third kappa shape index (κ3) is 5.70. The molecule has 2 aromatic heterocycles. The van der Waals surface area contributed by atoms with Crippen molar-refractivity contribution in [2.75, 3.05) is 38.7 Å². The first-order valence-electron chi connectivity index (χ1n) is 12.5. The average Bonchev–Trinajstić information content (AvgIpc) is 3.37. The van der Waals surface area contributed by atoms with E-state index in [2.05, 4.69) is 62.5 Å². The molecule has 0 saturated carbocycles. The van der Waals surface area contributed by atoms with Gasteiger partial charge in [0.15, 0.2) is 12.3 Å². The molecule has 1 saturated heterocycles. The van der Waals surface area contributed by atoms with Crippen molar-refractivity contribution in [2.24, 2.45) is 0 Å². The first-order valence-corrected chi connectivity index (χ1v) is 12.9. The van der Waals surface area contributed by atoms with Crippen LogP contribution in [0.4, 0.5) is 5.69 Å². The van der Waals surface area contributed by atoms with Crippen molar-refractivity contribution >= 4 is 34.4 Å². The number of piperidine rings is 1. The first kappa shape index (κ1) is 25.0. The average molecular weight is 519 g/mol. The number of carbonyl (C=O) groups excluding carboxylic acids is 1. The van der Waals surface area contributed by atoms with Gasteiger partial charge in [-0.25, -0.2) is 9.97 Å². The largest absolute Gasteiger partial charge is 0.484 e. The summed E-state index contributed by atoms with van der Waals surface area (Å²) in [4.78, 5) is 28.9. The Morgan fingerprint density at radius 3 is 2.59 bits per heavy atom. The van der Waals surface area contributed by atoms with Gasteiger partial charge in [0.05, 0.1) is 16.9 Å². The second-order valence-electron chi connectivity index (χ2n) is 9.33. The number of nitrogens with zero attached hydrogens (tertiary/aromatic N) is 4. The summed E-state index contributed by atoms with van der Waals surface area (Å²) in [6.07, 6.45) is 3.80. The number of aromatic amines is 1. The molecule has 1 aliphatic rings. The monoisotopic (exact) mass is 518 g/mol. The SMILES string of the molecule is CNC(=O)COc1ccc(-c2nc3ncc(Cl)c(N(C)C4CCN(Cc5ccccc5)CC4)c3[nH]2)cc1. The van der Waals surface area contributed by atoms with Crippen LogP contribution in [-0.4, -0.2) is 65.6 Å². The maximum atomic E-state index is 11.4. The summed E-state index contributed by atoms with van der Waals surface area (Å²) in [6.45, 7) is 3.04. The zero-order chi connectivity index (χ0) is 25.8. The number of benzene rings is 2. The Bertz CT molecular complexity index is 1350. The second-order valence-corrected chi connectivity index (χ2v) is 9.74. The highest BCUT2D eigenvalue weighted by Gasteiger charge is 2.26. The van der Waals surface area contributed by atoms with E-state index >= 15 is 0 Å². The number of carbonyl (C=O) groups is 1. The summed E-state index contributed by atoms with van der Waals surface area (Å²) in [7, 11) is 3.69. The number of likely N-dealkylation sites (tertiary alicyclic amines) is 1. The van der Waals surface area contributed by atoms with E-state index in [-0.39, 0.29) is 12.5 Å². The Labute approximate surface area is 221 Å². The number of rotatable bonds is 8. The fourth-order valence-electron chi connectivity index (χ4n) is 4.82. The van der Waals surface area contributed by atoms with Gasteiger partial charge in [-0.2, -0.15) is 0 Å². The maximum absolute atomic E-state index is 11.4. The van der Waals surface area contributed by atoms with Crippen molar-refractivity contribution in [2.45, 2.75) is 25.4 Å². The molecule has 0 spiro atoms. The number of halogens is 1. The summed E-state index contributed by atoms with van der Waals surface area (Å²) in [6, 6.07) is 18.5. The fraction of sp³-hybridized carbons (Fsp3) is 0.321. The molecule has 0 bridgehead atoms. The second kappa shape index (κ2) is 11.2. The molecule has 1 aliphatic heterocycles. The number of nitrogens with one attached hydrogen (secondary N) is 2. The molecule has 2 aromatic carbocycles. The van der Waals surface area contributed by atoms with Gasteiger partial charge in [-0.3, -0.25) is 9.69 Å². The quantitative estimate of drug-likeness (QED) is 0.357. The van der Waals surface area contributed by atoms with Gasteiger partial charge in [-0.1, -0.05) is 41.9 Å². The number of anilines is 1. The third-order valence-corrected chi connectivity index (χ3v) is 7.21. The molecule has 0 atom stereocenters. The standard InChI is InChI=1S/C28H31ClN6O2/c1-30-24(36)18-37-22-10-8-20(9-11-22)27-32-25-26(23(29)16-31-28(25)33-27)34(2)21-12-14-35(15-13-21)17-19-6-4-3-5-7-19/h3-11,16,21H,12-15,17-18H2,1-2H3,(H,30,36)(H,31,32,33). The summed E-state index contributed by atoms with van der Waals surface area (Å²) in [5.74, 6) is 1.14. The summed E-state index contributed by atoms with van der Waals surface area (Å²) in [5, 5.41) is 3.14. The van der Waals surface area contributed by atoms with Crippen LogP contribution in [0.15, 0.2) is 60.8 Å². The van der Waals surface area contributed by atoms with Gasteiger partial charge in [0.1, 0.15) is 17.1 Å². The van der Waals surface area contributed by atoms with E-state index in [1.807, 2.05) is 24.3 Å². The van der Waals surface area contributed by atoms with E-state index in [0.29, 0.717) is 28.3 Å². The number of pyridine rings is 1. The van der Waals surface area contributed by atoms with Crippen LogP contribution >= 0.6 is 11.6 Å². The van der Waals surface area contributed by atoms with Crippen LogP contribution in [0.1, 0.15) is 18.4 Å². The van der Waals surface area contributed by atoms with E-state index in [9.17, 15) is 4.79 Å². The number of hydrogen-bond donors (Lipinski definition) is 2. The molecule has 1 fully saturated rings. The van der Waals surface area contributed by atoms with Crippen LogP contribution < -0.4 is 15.0 Å².